The molecule has 0 bridgehead atoms. The van der Waals surface area contributed by atoms with Crippen molar-refractivity contribution in [2.75, 3.05) is 5.32 Å². The van der Waals surface area contributed by atoms with Crippen LogP contribution in [0.3, 0.4) is 0 Å². The number of anilines is 2. The van der Waals surface area contributed by atoms with E-state index in [1.807, 2.05) is 20.8 Å². The third kappa shape index (κ3) is 2.05. The molecular formula is C15H17N5O2. The largest absolute Gasteiger partial charge is 0.336 e. The summed E-state index contributed by atoms with van der Waals surface area (Å²) in [5, 5.41) is 5.87. The third-order valence-corrected chi connectivity index (χ3v) is 4.11. The van der Waals surface area contributed by atoms with Crippen molar-refractivity contribution in [2.24, 2.45) is 5.92 Å². The number of hydrogen-bond donors (Lipinski definition) is 2. The van der Waals surface area contributed by atoms with Gasteiger partial charge in [-0.05, 0) is 31.0 Å². The number of aromatic nitrogens is 3. The molecule has 3 heterocycles. The van der Waals surface area contributed by atoms with Gasteiger partial charge in [0.05, 0.1) is 0 Å². The van der Waals surface area contributed by atoms with E-state index in [9.17, 15) is 9.59 Å². The van der Waals surface area contributed by atoms with Gasteiger partial charge < -0.3 is 10.6 Å². The van der Waals surface area contributed by atoms with Crippen LogP contribution in [0.5, 0.6) is 0 Å². The molecule has 3 rings (SSSR count). The predicted molar refractivity (Wildman–Crippen MR) is 82.0 cm³/mol. The van der Waals surface area contributed by atoms with E-state index < -0.39 is 5.66 Å². The molecular weight excluding hydrogens is 282 g/mol. The van der Waals surface area contributed by atoms with Gasteiger partial charge in [-0.1, -0.05) is 13.8 Å². The van der Waals surface area contributed by atoms with Crippen molar-refractivity contribution >= 4 is 17.4 Å². The maximum atomic E-state index is 12.8. The molecule has 1 atom stereocenters. The fourth-order valence-corrected chi connectivity index (χ4v) is 2.53. The Morgan fingerprint density at radius 2 is 2.05 bits per heavy atom. The highest BCUT2D eigenvalue weighted by atomic mass is 16.2. The Kier molecular flexibility index (Phi) is 3.20. The van der Waals surface area contributed by atoms with E-state index in [0.29, 0.717) is 17.2 Å². The van der Waals surface area contributed by atoms with E-state index in [0.717, 1.165) is 0 Å². The Balaban J connectivity index is 2.11. The summed E-state index contributed by atoms with van der Waals surface area (Å²) in [6, 6.07) is 4.91. The maximum Gasteiger partial charge on any atom is 0.276 e. The number of fused-ring (bicyclic) bond motifs is 1. The molecule has 7 heteroatoms. The topological polar surface area (TPSA) is 88.9 Å². The van der Waals surface area contributed by atoms with Gasteiger partial charge in [-0.25, -0.2) is 9.97 Å². The molecule has 0 saturated carbocycles. The van der Waals surface area contributed by atoms with E-state index in [-0.39, 0.29) is 17.4 Å². The van der Waals surface area contributed by atoms with E-state index in [1.54, 1.807) is 24.4 Å². The number of carbonyl (C=O) groups is 1. The molecule has 22 heavy (non-hydrogen) atoms. The summed E-state index contributed by atoms with van der Waals surface area (Å²) in [7, 11) is 0. The molecule has 7 nitrogen and oxygen atoms in total. The van der Waals surface area contributed by atoms with Crippen molar-refractivity contribution in [1.82, 2.24) is 19.9 Å². The molecule has 2 N–H and O–H groups in total. The molecule has 1 aliphatic rings. The second kappa shape index (κ2) is 4.94. The zero-order chi connectivity index (χ0) is 15.9. The zero-order valence-corrected chi connectivity index (χ0v) is 12.6. The molecule has 1 unspecified atom stereocenters. The van der Waals surface area contributed by atoms with Gasteiger partial charge in [0, 0.05) is 6.20 Å². The average molecular weight is 299 g/mol. The summed E-state index contributed by atoms with van der Waals surface area (Å²) in [4.78, 5) is 32.8. The van der Waals surface area contributed by atoms with E-state index in [2.05, 4.69) is 20.6 Å². The van der Waals surface area contributed by atoms with Crippen LogP contribution in [-0.4, -0.2) is 20.4 Å². The van der Waals surface area contributed by atoms with Gasteiger partial charge >= 0.3 is 0 Å². The fraction of sp³-hybridized carbons (Fsp3) is 0.333. The lowest BCUT2D eigenvalue weighted by atomic mass is 9.98. The summed E-state index contributed by atoms with van der Waals surface area (Å²) in [6.07, 6.45) is 2.99. The van der Waals surface area contributed by atoms with Crippen LogP contribution in [0.25, 0.3) is 0 Å². The van der Waals surface area contributed by atoms with Gasteiger partial charge in [-0.3, -0.25) is 14.2 Å². The van der Waals surface area contributed by atoms with Gasteiger partial charge in [-0.15, -0.1) is 0 Å². The molecule has 0 fully saturated rings. The van der Waals surface area contributed by atoms with Crippen molar-refractivity contribution in [3.63, 3.8) is 0 Å². The van der Waals surface area contributed by atoms with E-state index in [1.165, 1.54) is 10.9 Å². The van der Waals surface area contributed by atoms with Crippen LogP contribution >= 0.6 is 0 Å². The molecule has 0 aliphatic carbocycles. The van der Waals surface area contributed by atoms with Crippen molar-refractivity contribution in [2.45, 2.75) is 26.4 Å². The third-order valence-electron chi connectivity index (χ3n) is 4.11. The Bertz CT molecular complexity index is 784. The van der Waals surface area contributed by atoms with Crippen LogP contribution in [0.4, 0.5) is 11.5 Å². The molecule has 1 amide bonds. The molecule has 2 aromatic heterocycles. The summed E-state index contributed by atoms with van der Waals surface area (Å²) >= 11 is 0. The Morgan fingerprint density at radius 1 is 1.27 bits per heavy atom. The van der Waals surface area contributed by atoms with Crippen molar-refractivity contribution in [3.8, 4) is 0 Å². The zero-order valence-electron chi connectivity index (χ0n) is 12.6. The standard InChI is InChI=1S/C15H17N5O2/c1-9(2)15(3)19-13(21)11-5-4-10(14(22)20(11)15)18-12-6-7-16-8-17-12/h4-9H,1-3H3,(H,19,21)(H,16,17,18). The monoisotopic (exact) mass is 299 g/mol. The Labute approximate surface area is 127 Å². The van der Waals surface area contributed by atoms with Gasteiger partial charge in [0.15, 0.2) is 0 Å². The molecule has 0 saturated heterocycles. The lowest BCUT2D eigenvalue weighted by Crippen LogP contribution is -2.48. The molecule has 0 aromatic carbocycles. The van der Waals surface area contributed by atoms with Crippen LogP contribution in [-0.2, 0) is 5.66 Å². The summed E-state index contributed by atoms with van der Waals surface area (Å²) in [5.41, 5.74) is -0.265. The molecule has 114 valence electrons. The number of amides is 1. The second-order valence-corrected chi connectivity index (χ2v) is 5.75. The van der Waals surface area contributed by atoms with E-state index >= 15 is 0 Å². The second-order valence-electron chi connectivity index (χ2n) is 5.75. The lowest BCUT2D eigenvalue weighted by Gasteiger charge is -2.31. The van der Waals surface area contributed by atoms with Crippen LogP contribution < -0.4 is 16.2 Å². The SMILES string of the molecule is CC(C)C1(C)NC(=O)c2ccc(Nc3ccncn3)c(=O)n21. The first-order chi connectivity index (χ1) is 10.4. The molecule has 0 spiro atoms. The highest BCUT2D eigenvalue weighted by Crippen LogP contribution is 2.29. The highest BCUT2D eigenvalue weighted by molar-refractivity contribution is 5.95. The number of nitrogens with zero attached hydrogens (tertiary/aromatic N) is 3. The highest BCUT2D eigenvalue weighted by Gasteiger charge is 2.42. The smallest absolute Gasteiger partial charge is 0.276 e. The molecule has 1 aliphatic heterocycles. The fourth-order valence-electron chi connectivity index (χ4n) is 2.53. The van der Waals surface area contributed by atoms with Crippen molar-refractivity contribution < 1.29 is 4.79 Å². The number of rotatable bonds is 3. The van der Waals surface area contributed by atoms with Crippen LogP contribution in [0, 0.1) is 5.92 Å². The average Bonchev–Trinajstić information content (AvgIpc) is 2.76. The quantitative estimate of drug-likeness (QED) is 0.895. The lowest BCUT2D eigenvalue weighted by molar-refractivity contribution is 0.0892. The predicted octanol–water partition coefficient (Wildman–Crippen LogP) is 1.45. The number of hydrogen-bond acceptors (Lipinski definition) is 5. The van der Waals surface area contributed by atoms with Crippen molar-refractivity contribution in [1.29, 1.82) is 0 Å². The molecule has 2 aromatic rings. The minimum absolute atomic E-state index is 0.0599. The van der Waals surface area contributed by atoms with Crippen molar-refractivity contribution in [3.05, 3.63) is 46.8 Å². The summed E-state index contributed by atoms with van der Waals surface area (Å²) in [6.45, 7) is 5.78. The van der Waals surface area contributed by atoms with Crippen LogP contribution in [0.15, 0.2) is 35.5 Å². The number of pyridine rings is 1. The van der Waals surface area contributed by atoms with Crippen LogP contribution in [0.2, 0.25) is 0 Å². The Hall–Kier alpha value is -2.70. The Morgan fingerprint density at radius 3 is 2.68 bits per heavy atom. The van der Waals surface area contributed by atoms with Gasteiger partial charge in [0.25, 0.3) is 11.5 Å². The maximum absolute atomic E-state index is 12.8. The van der Waals surface area contributed by atoms with Gasteiger partial charge in [0.1, 0.15) is 29.2 Å². The molecule has 0 radical (unpaired) electrons. The van der Waals surface area contributed by atoms with Crippen LogP contribution in [0.1, 0.15) is 31.3 Å². The van der Waals surface area contributed by atoms with Gasteiger partial charge in [0.2, 0.25) is 0 Å². The first-order valence-electron chi connectivity index (χ1n) is 7.05. The van der Waals surface area contributed by atoms with E-state index in [4.69, 9.17) is 0 Å². The normalized spacial score (nSPS) is 19.9. The summed E-state index contributed by atoms with van der Waals surface area (Å²) in [5.74, 6) is 0.350. The summed E-state index contributed by atoms with van der Waals surface area (Å²) < 4.78 is 1.52. The minimum atomic E-state index is -0.743. The number of nitrogens with one attached hydrogen (secondary N) is 2. The van der Waals surface area contributed by atoms with Gasteiger partial charge in [-0.2, -0.15) is 0 Å². The number of carbonyl (C=O) groups excluding carboxylic acids is 1. The first-order valence-corrected chi connectivity index (χ1v) is 7.05. The first kappa shape index (κ1) is 14.2. The minimum Gasteiger partial charge on any atom is -0.336 e.